The Hall–Kier alpha value is -0.660. The molecule has 0 aromatic heterocycles. The van der Waals surface area contributed by atoms with Crippen molar-refractivity contribution in [1.29, 1.82) is 0 Å². The predicted molar refractivity (Wildman–Crippen MR) is 135 cm³/mol. The number of rotatable bonds is 0. The van der Waals surface area contributed by atoms with Crippen molar-refractivity contribution in [3.05, 3.63) is 0 Å². The molecule has 2 heteroatoms. The summed E-state index contributed by atoms with van der Waals surface area (Å²) in [6.07, 6.45) is 11.8. The van der Waals surface area contributed by atoms with Gasteiger partial charge >= 0.3 is 0 Å². The minimum absolute atomic E-state index is 0.372. The van der Waals surface area contributed by atoms with Gasteiger partial charge in [0.15, 0.2) is 0 Å². The Morgan fingerprint density at radius 3 is 1.03 bits per heavy atom. The summed E-state index contributed by atoms with van der Waals surface area (Å²) in [7, 11) is 0. The van der Waals surface area contributed by atoms with E-state index in [2.05, 4.69) is 55.4 Å². The number of fused-ring (bicyclic) bond motifs is 14. The summed E-state index contributed by atoms with van der Waals surface area (Å²) in [6.45, 7) is 22.4. The highest BCUT2D eigenvalue weighted by Gasteiger charge is 2.62. The van der Waals surface area contributed by atoms with E-state index in [1.807, 2.05) is 0 Å². The smallest absolute Gasteiger partial charge is 0.0388 e. The molecule has 5 rings (SSSR count). The Kier molecular flexibility index (Phi) is 6.05. The molecule has 0 spiro atoms. The molecule has 0 saturated heterocycles. The van der Waals surface area contributed by atoms with E-state index in [4.69, 9.17) is 9.98 Å². The lowest BCUT2D eigenvalue weighted by Crippen LogP contribution is -2.26. The Morgan fingerprint density at radius 1 is 0.452 bits per heavy atom. The van der Waals surface area contributed by atoms with E-state index in [0.29, 0.717) is 45.3 Å². The van der Waals surface area contributed by atoms with Crippen LogP contribution in [0.15, 0.2) is 9.98 Å². The van der Waals surface area contributed by atoms with Crippen molar-refractivity contribution in [3.8, 4) is 0 Å². The van der Waals surface area contributed by atoms with E-state index in [9.17, 15) is 0 Å². The first kappa shape index (κ1) is 23.5. The zero-order valence-corrected chi connectivity index (χ0v) is 22.0. The van der Waals surface area contributed by atoms with Gasteiger partial charge in [0.1, 0.15) is 0 Å². The van der Waals surface area contributed by atoms with Crippen molar-refractivity contribution < 1.29 is 0 Å². The molecule has 3 fully saturated rings. The highest BCUT2D eigenvalue weighted by molar-refractivity contribution is 6.06. The lowest BCUT2D eigenvalue weighted by molar-refractivity contribution is 0.147. The summed E-state index contributed by atoms with van der Waals surface area (Å²) >= 11 is 0. The maximum absolute atomic E-state index is 5.25. The van der Waals surface area contributed by atoms with Crippen LogP contribution in [0.5, 0.6) is 0 Å². The van der Waals surface area contributed by atoms with Gasteiger partial charge in [0, 0.05) is 48.2 Å². The average Bonchev–Trinajstić information content (AvgIpc) is 3.51. The maximum Gasteiger partial charge on any atom is 0.0388 e. The fourth-order valence-corrected chi connectivity index (χ4v) is 7.74. The third kappa shape index (κ3) is 4.56. The van der Waals surface area contributed by atoms with Crippen LogP contribution in [0.25, 0.3) is 0 Å². The first-order valence-corrected chi connectivity index (χ1v) is 13.5. The van der Waals surface area contributed by atoms with Crippen molar-refractivity contribution in [3.63, 3.8) is 0 Å². The molecule has 2 nitrogen and oxygen atoms in total. The first-order chi connectivity index (χ1) is 14.4. The van der Waals surface area contributed by atoms with E-state index in [1.54, 1.807) is 11.4 Å². The second-order valence-corrected chi connectivity index (χ2v) is 14.2. The molecular weight excluding hydrogens is 376 g/mol. The van der Waals surface area contributed by atoms with Crippen LogP contribution in [0, 0.1) is 45.3 Å². The molecule has 4 unspecified atom stereocenters. The van der Waals surface area contributed by atoms with Crippen molar-refractivity contribution in [2.75, 3.05) is 13.1 Å². The van der Waals surface area contributed by atoms with Crippen LogP contribution >= 0.6 is 0 Å². The molecule has 0 N–H and O–H groups in total. The lowest BCUT2D eigenvalue weighted by Gasteiger charge is -2.34. The van der Waals surface area contributed by atoms with Crippen molar-refractivity contribution in [2.45, 2.75) is 113 Å². The van der Waals surface area contributed by atoms with Gasteiger partial charge in [-0.1, -0.05) is 68.2 Å². The van der Waals surface area contributed by atoms with Gasteiger partial charge in [-0.15, -0.1) is 0 Å². The number of aliphatic imine (C=N–C) groups is 2. The molecule has 3 aliphatic carbocycles. The van der Waals surface area contributed by atoms with Gasteiger partial charge in [0.25, 0.3) is 0 Å². The molecule has 0 aromatic carbocycles. The van der Waals surface area contributed by atoms with E-state index in [1.165, 1.54) is 57.8 Å². The van der Waals surface area contributed by atoms with Gasteiger partial charge in [-0.25, -0.2) is 0 Å². The molecular formula is C29H50N2. The molecule has 176 valence electrons. The summed E-state index contributed by atoms with van der Waals surface area (Å²) < 4.78 is 0. The van der Waals surface area contributed by atoms with Crippen LogP contribution in [0.2, 0.25) is 0 Å². The fourth-order valence-electron chi connectivity index (χ4n) is 7.74. The highest BCUT2D eigenvalue weighted by Crippen LogP contribution is 2.62. The molecule has 2 heterocycles. The fraction of sp³-hybridized carbons (Fsp3) is 0.931. The minimum Gasteiger partial charge on any atom is -0.293 e. The number of nitrogens with zero attached hydrogens (tertiary/aromatic N) is 2. The van der Waals surface area contributed by atoms with Crippen LogP contribution < -0.4 is 0 Å². The van der Waals surface area contributed by atoms with Crippen LogP contribution in [0.3, 0.4) is 0 Å². The van der Waals surface area contributed by atoms with Gasteiger partial charge < -0.3 is 0 Å². The van der Waals surface area contributed by atoms with E-state index < -0.39 is 0 Å². The monoisotopic (exact) mass is 426 g/mol. The first-order valence-electron chi connectivity index (χ1n) is 13.5. The van der Waals surface area contributed by atoms with Gasteiger partial charge in [0.05, 0.1) is 0 Å². The predicted octanol–water partition coefficient (Wildman–Crippen LogP) is 8.00. The Morgan fingerprint density at radius 2 is 0.742 bits per heavy atom. The largest absolute Gasteiger partial charge is 0.293 e. The second-order valence-electron chi connectivity index (χ2n) is 14.2. The molecule has 6 bridgehead atoms. The molecule has 3 saturated carbocycles. The van der Waals surface area contributed by atoms with Crippen LogP contribution in [-0.2, 0) is 0 Å². The third-order valence-electron chi connectivity index (χ3n) is 9.78. The van der Waals surface area contributed by atoms with Gasteiger partial charge in [-0.2, -0.15) is 0 Å². The molecule has 5 aliphatic rings. The van der Waals surface area contributed by atoms with E-state index in [0.717, 1.165) is 13.1 Å². The van der Waals surface area contributed by atoms with Gasteiger partial charge in [-0.05, 0) is 66.6 Å². The third-order valence-corrected chi connectivity index (χ3v) is 9.78. The topological polar surface area (TPSA) is 24.7 Å². The second kappa shape index (κ2) is 7.98. The molecule has 4 atom stereocenters. The normalized spacial score (nSPS) is 39.0. The average molecular weight is 427 g/mol. The van der Waals surface area contributed by atoms with Crippen molar-refractivity contribution in [1.82, 2.24) is 0 Å². The van der Waals surface area contributed by atoms with Crippen LogP contribution in [0.4, 0.5) is 0 Å². The quantitative estimate of drug-likeness (QED) is 0.375. The Balaban J connectivity index is 1.71. The minimum atomic E-state index is 0.372. The Bertz CT molecular complexity index is 626. The Labute approximate surface area is 193 Å². The zero-order valence-electron chi connectivity index (χ0n) is 22.0. The van der Waals surface area contributed by atoms with Gasteiger partial charge in [0.2, 0.25) is 0 Å². The lowest BCUT2D eigenvalue weighted by atomic mass is 9.70. The summed E-state index contributed by atoms with van der Waals surface area (Å²) in [5.41, 5.74) is 4.65. The van der Waals surface area contributed by atoms with Crippen molar-refractivity contribution in [2.24, 2.45) is 55.3 Å². The van der Waals surface area contributed by atoms with Crippen LogP contribution in [0.1, 0.15) is 113 Å². The maximum atomic E-state index is 5.25. The molecule has 31 heavy (non-hydrogen) atoms. The van der Waals surface area contributed by atoms with Crippen LogP contribution in [-0.4, -0.2) is 24.5 Å². The van der Waals surface area contributed by atoms with Gasteiger partial charge in [-0.3, -0.25) is 9.98 Å². The standard InChI is InChI=1S/C29H50N2/c1-26(2)14-12-15-28(5,6)22-23-25(22)31-19-11-9-10-18-30-24-20(26)21(24)27(3,4)16-13-17-29(23,7)8/h20-23H,9-19H2,1-8H3. The summed E-state index contributed by atoms with van der Waals surface area (Å²) in [6, 6.07) is 0. The zero-order chi connectivity index (χ0) is 22.7. The molecule has 0 amide bonds. The summed E-state index contributed by atoms with van der Waals surface area (Å²) in [5.74, 6) is 2.83. The molecule has 0 aromatic rings. The SMILES string of the molecule is CC1(C)CCCC(C)(C)C2C3=NCCCCCN=C4C1C4C(C)(C)CCCC(C)(C)C32. The number of hydrogen-bond donors (Lipinski definition) is 0. The summed E-state index contributed by atoms with van der Waals surface area (Å²) in [4.78, 5) is 10.5. The van der Waals surface area contributed by atoms with E-state index in [-0.39, 0.29) is 0 Å². The molecule has 0 radical (unpaired) electrons. The number of hydrogen-bond acceptors (Lipinski definition) is 2. The highest BCUT2D eigenvalue weighted by atomic mass is 14.9. The molecule has 2 aliphatic heterocycles. The van der Waals surface area contributed by atoms with E-state index >= 15 is 0 Å². The summed E-state index contributed by atoms with van der Waals surface area (Å²) in [5, 5.41) is 0. The van der Waals surface area contributed by atoms with Crippen molar-refractivity contribution >= 4 is 11.4 Å².